The zero-order valence-electron chi connectivity index (χ0n) is 9.57. The molecule has 2 saturated heterocycles. The number of likely N-dealkylation sites (tertiary alicyclic amines) is 1. The number of hydrogen-bond acceptors (Lipinski definition) is 2. The van der Waals surface area contributed by atoms with Gasteiger partial charge in [0, 0.05) is 19.4 Å². The van der Waals surface area contributed by atoms with Crippen LogP contribution in [0.25, 0.3) is 0 Å². The summed E-state index contributed by atoms with van der Waals surface area (Å²) in [5, 5.41) is 0. The van der Waals surface area contributed by atoms with Crippen molar-refractivity contribution >= 4 is 5.91 Å². The van der Waals surface area contributed by atoms with Gasteiger partial charge in [0.15, 0.2) is 6.67 Å². The fourth-order valence-electron chi connectivity index (χ4n) is 2.46. The first-order chi connectivity index (χ1) is 7.26. The van der Waals surface area contributed by atoms with Crippen LogP contribution in [-0.2, 0) is 9.63 Å². The molecule has 0 aromatic carbocycles. The highest BCUT2D eigenvalue weighted by Gasteiger charge is 2.36. The number of carbonyl (C=O) groups excluding carboxylic acids is 1. The third-order valence-electron chi connectivity index (χ3n) is 3.50. The summed E-state index contributed by atoms with van der Waals surface area (Å²) in [5.41, 5.74) is 0. The molecular formula is C11H21N2O2+. The molecule has 4 nitrogen and oxygen atoms in total. The van der Waals surface area contributed by atoms with Crippen LogP contribution in [0, 0.1) is 0 Å². The first-order valence-electron chi connectivity index (χ1n) is 6.04. The molecule has 0 aromatic rings. The van der Waals surface area contributed by atoms with E-state index in [4.69, 9.17) is 4.84 Å². The van der Waals surface area contributed by atoms with Crippen molar-refractivity contribution in [2.45, 2.75) is 32.6 Å². The molecule has 0 saturated carbocycles. The molecule has 2 aliphatic rings. The Hall–Kier alpha value is -0.610. The topological polar surface area (TPSA) is 29.5 Å². The molecule has 0 spiro atoms. The van der Waals surface area contributed by atoms with Gasteiger partial charge in [-0.2, -0.15) is 4.65 Å². The molecule has 0 aliphatic carbocycles. The maximum Gasteiger partial charge on any atom is 0.226 e. The Morgan fingerprint density at radius 1 is 1.40 bits per heavy atom. The van der Waals surface area contributed by atoms with Gasteiger partial charge in [0.25, 0.3) is 0 Å². The highest BCUT2D eigenvalue weighted by molar-refractivity contribution is 5.76. The Morgan fingerprint density at radius 2 is 2.27 bits per heavy atom. The number of rotatable bonds is 3. The Labute approximate surface area is 91.3 Å². The Bertz CT molecular complexity index is 237. The Kier molecular flexibility index (Phi) is 3.26. The van der Waals surface area contributed by atoms with Crippen LogP contribution >= 0.6 is 0 Å². The minimum Gasteiger partial charge on any atom is -0.293 e. The highest BCUT2D eigenvalue weighted by atomic mass is 16.7. The standard InChI is InChI=1S/C11H21N2O2/c1-2-13(8-5-9-15-13)10-12-7-4-3-6-11(12)14/h2-10H2,1H3/q+1. The second-order valence-corrected chi connectivity index (χ2v) is 4.54. The highest BCUT2D eigenvalue weighted by Crippen LogP contribution is 2.20. The number of amides is 1. The van der Waals surface area contributed by atoms with E-state index in [9.17, 15) is 4.79 Å². The number of nitrogens with zero attached hydrogens (tertiary/aromatic N) is 2. The van der Waals surface area contributed by atoms with Crippen LogP contribution in [0.15, 0.2) is 0 Å². The van der Waals surface area contributed by atoms with E-state index in [0.717, 1.165) is 58.6 Å². The van der Waals surface area contributed by atoms with Crippen molar-refractivity contribution in [1.82, 2.24) is 4.90 Å². The van der Waals surface area contributed by atoms with Gasteiger partial charge in [-0.1, -0.05) is 0 Å². The average Bonchev–Trinajstić information content (AvgIpc) is 2.71. The van der Waals surface area contributed by atoms with Crippen LogP contribution < -0.4 is 0 Å². The van der Waals surface area contributed by atoms with Gasteiger partial charge in [0.2, 0.25) is 5.91 Å². The summed E-state index contributed by atoms with van der Waals surface area (Å²) in [7, 11) is 0. The van der Waals surface area contributed by atoms with Crippen LogP contribution in [-0.4, -0.2) is 48.4 Å². The minimum absolute atomic E-state index is 0.308. The van der Waals surface area contributed by atoms with E-state index in [1.54, 1.807) is 0 Å². The minimum atomic E-state index is 0.308. The maximum atomic E-state index is 11.7. The summed E-state index contributed by atoms with van der Waals surface area (Å²) in [4.78, 5) is 19.5. The zero-order chi connectivity index (χ0) is 10.7. The molecule has 2 rings (SSSR count). The van der Waals surface area contributed by atoms with Gasteiger partial charge in [-0.25, -0.2) is 4.84 Å². The maximum absolute atomic E-state index is 11.7. The van der Waals surface area contributed by atoms with E-state index in [1.165, 1.54) is 0 Å². The Balaban J connectivity index is 1.96. The predicted molar refractivity (Wildman–Crippen MR) is 56.7 cm³/mol. The smallest absolute Gasteiger partial charge is 0.226 e. The lowest BCUT2D eigenvalue weighted by atomic mass is 10.1. The molecule has 0 aromatic heterocycles. The molecular weight excluding hydrogens is 192 g/mol. The molecule has 2 heterocycles. The predicted octanol–water partition coefficient (Wildman–Crippen LogP) is 1.13. The van der Waals surface area contributed by atoms with Crippen LogP contribution in [0.4, 0.5) is 0 Å². The van der Waals surface area contributed by atoms with Gasteiger partial charge in [0.1, 0.15) is 19.7 Å². The van der Waals surface area contributed by atoms with E-state index in [-0.39, 0.29) is 0 Å². The summed E-state index contributed by atoms with van der Waals surface area (Å²) in [6.07, 6.45) is 4.05. The fraction of sp³-hybridized carbons (Fsp3) is 0.909. The lowest BCUT2D eigenvalue weighted by Gasteiger charge is -2.36. The summed E-state index contributed by atoms with van der Waals surface area (Å²) in [6, 6.07) is 0. The quantitative estimate of drug-likeness (QED) is 0.658. The molecule has 0 bridgehead atoms. The summed E-state index contributed by atoms with van der Waals surface area (Å²) < 4.78 is 0.658. The molecule has 2 fully saturated rings. The zero-order valence-corrected chi connectivity index (χ0v) is 9.57. The second-order valence-electron chi connectivity index (χ2n) is 4.54. The number of quaternary nitrogens is 1. The normalized spacial score (nSPS) is 32.3. The number of hydroxylamine groups is 3. The van der Waals surface area contributed by atoms with E-state index in [2.05, 4.69) is 6.92 Å². The van der Waals surface area contributed by atoms with Gasteiger partial charge < -0.3 is 0 Å². The SMILES string of the molecule is CC[N+]1(CN2CCCCC2=O)CCCO1. The fourth-order valence-corrected chi connectivity index (χ4v) is 2.46. The van der Waals surface area contributed by atoms with Crippen LogP contribution in [0.3, 0.4) is 0 Å². The molecule has 86 valence electrons. The molecule has 15 heavy (non-hydrogen) atoms. The Morgan fingerprint density at radius 3 is 2.87 bits per heavy atom. The van der Waals surface area contributed by atoms with E-state index < -0.39 is 0 Å². The first-order valence-corrected chi connectivity index (χ1v) is 6.04. The molecule has 4 heteroatoms. The van der Waals surface area contributed by atoms with Gasteiger partial charge in [-0.05, 0) is 19.8 Å². The van der Waals surface area contributed by atoms with Crippen molar-refractivity contribution in [3.63, 3.8) is 0 Å². The van der Waals surface area contributed by atoms with Gasteiger partial charge in [-0.15, -0.1) is 0 Å². The molecule has 0 N–H and O–H groups in total. The van der Waals surface area contributed by atoms with Crippen LogP contribution in [0.5, 0.6) is 0 Å². The molecule has 0 radical (unpaired) electrons. The van der Waals surface area contributed by atoms with E-state index >= 15 is 0 Å². The number of carbonyl (C=O) groups is 1. The van der Waals surface area contributed by atoms with Gasteiger partial charge >= 0.3 is 0 Å². The summed E-state index contributed by atoms with van der Waals surface area (Å²) in [6.45, 7) is 6.68. The average molecular weight is 213 g/mol. The van der Waals surface area contributed by atoms with Crippen LogP contribution in [0.2, 0.25) is 0 Å². The number of piperidine rings is 1. The molecule has 1 atom stereocenters. The van der Waals surface area contributed by atoms with Crippen molar-refractivity contribution in [3.05, 3.63) is 0 Å². The van der Waals surface area contributed by atoms with Crippen molar-refractivity contribution in [3.8, 4) is 0 Å². The summed E-state index contributed by atoms with van der Waals surface area (Å²) >= 11 is 0. The van der Waals surface area contributed by atoms with Crippen molar-refractivity contribution in [2.75, 3.05) is 32.9 Å². The van der Waals surface area contributed by atoms with Crippen molar-refractivity contribution in [2.24, 2.45) is 0 Å². The first kappa shape index (κ1) is 10.9. The molecule has 1 unspecified atom stereocenters. The monoisotopic (exact) mass is 213 g/mol. The summed E-state index contributed by atoms with van der Waals surface area (Å²) in [5.74, 6) is 0.308. The van der Waals surface area contributed by atoms with Crippen molar-refractivity contribution in [1.29, 1.82) is 0 Å². The molecule has 1 amide bonds. The number of hydrogen-bond donors (Lipinski definition) is 0. The van der Waals surface area contributed by atoms with E-state index in [0.29, 0.717) is 10.6 Å². The largest absolute Gasteiger partial charge is 0.293 e. The van der Waals surface area contributed by atoms with Gasteiger partial charge in [-0.3, -0.25) is 9.69 Å². The van der Waals surface area contributed by atoms with E-state index in [1.807, 2.05) is 4.90 Å². The van der Waals surface area contributed by atoms with Crippen LogP contribution in [0.1, 0.15) is 32.6 Å². The van der Waals surface area contributed by atoms with Gasteiger partial charge in [0.05, 0.1) is 0 Å². The second kappa shape index (κ2) is 4.49. The third-order valence-corrected chi connectivity index (χ3v) is 3.50. The lowest BCUT2D eigenvalue weighted by Crippen LogP contribution is -2.54. The third kappa shape index (κ3) is 2.32. The lowest BCUT2D eigenvalue weighted by molar-refractivity contribution is -1.09. The molecule has 2 aliphatic heterocycles. The van der Waals surface area contributed by atoms with Crippen molar-refractivity contribution < 1.29 is 14.3 Å².